The second-order valence-corrected chi connectivity index (χ2v) is 5.73. The van der Waals surface area contributed by atoms with Gasteiger partial charge in [0.25, 0.3) is 0 Å². The summed E-state index contributed by atoms with van der Waals surface area (Å²) in [5.41, 5.74) is 0. The van der Waals surface area contributed by atoms with Crippen LogP contribution in [-0.2, 0) is 10.0 Å². The second-order valence-electron chi connectivity index (χ2n) is 4.00. The molecule has 0 unspecified atom stereocenters. The highest BCUT2D eigenvalue weighted by Crippen LogP contribution is 2.12. The van der Waals surface area contributed by atoms with Gasteiger partial charge in [-0.15, -0.1) is 0 Å². The van der Waals surface area contributed by atoms with Gasteiger partial charge in [0.05, 0.1) is 5.75 Å². The molecule has 0 aliphatic rings. The average Bonchev–Trinajstić information content (AvgIpc) is 2.38. The third-order valence-corrected chi connectivity index (χ3v) is 3.34. The van der Waals surface area contributed by atoms with Crippen LogP contribution in [0, 0.1) is 0 Å². The molecule has 0 saturated carbocycles. The summed E-state index contributed by atoms with van der Waals surface area (Å²) in [7, 11) is -1.80. The van der Waals surface area contributed by atoms with Gasteiger partial charge in [0.15, 0.2) is 0 Å². The van der Waals surface area contributed by atoms with Crippen molar-refractivity contribution in [2.75, 3.05) is 48.0 Å². The van der Waals surface area contributed by atoms with E-state index >= 15 is 0 Å². The standard InChI is InChI=1S/C10H21N7O2S/c1-4-17(5-2)10-15-8(12-3)14-9(16-10)13-6-7-20(11,18)19/h4-7H2,1-3H3,(H2,11,18,19)(H2,12,13,14,15,16). The monoisotopic (exact) mass is 303 g/mol. The first-order valence-electron chi connectivity index (χ1n) is 6.32. The minimum atomic E-state index is -3.51. The van der Waals surface area contributed by atoms with Crippen molar-refractivity contribution in [3.8, 4) is 0 Å². The molecule has 0 amide bonds. The lowest BCUT2D eigenvalue weighted by Gasteiger charge is -2.19. The number of hydrogen-bond donors (Lipinski definition) is 3. The summed E-state index contributed by atoms with van der Waals surface area (Å²) in [6, 6.07) is 0. The van der Waals surface area contributed by atoms with Crippen molar-refractivity contribution < 1.29 is 8.42 Å². The van der Waals surface area contributed by atoms with E-state index in [1.165, 1.54) is 0 Å². The second kappa shape index (κ2) is 7.20. The normalized spacial score (nSPS) is 11.2. The van der Waals surface area contributed by atoms with Crippen LogP contribution in [0.4, 0.5) is 17.8 Å². The molecule has 0 aromatic carbocycles. The summed E-state index contributed by atoms with van der Waals surface area (Å²) in [6.45, 7) is 5.67. The Morgan fingerprint density at radius 3 is 2.25 bits per heavy atom. The third kappa shape index (κ3) is 5.13. The fourth-order valence-electron chi connectivity index (χ4n) is 1.51. The molecular formula is C10H21N7O2S. The van der Waals surface area contributed by atoms with Gasteiger partial charge in [-0.25, -0.2) is 13.6 Å². The number of anilines is 3. The van der Waals surface area contributed by atoms with Crippen molar-refractivity contribution >= 4 is 27.9 Å². The van der Waals surface area contributed by atoms with Gasteiger partial charge in [-0.1, -0.05) is 0 Å². The Labute approximate surface area is 119 Å². The lowest BCUT2D eigenvalue weighted by atomic mass is 10.5. The van der Waals surface area contributed by atoms with Crippen molar-refractivity contribution in [2.45, 2.75) is 13.8 Å². The quantitative estimate of drug-likeness (QED) is 0.584. The zero-order valence-corrected chi connectivity index (χ0v) is 12.7. The van der Waals surface area contributed by atoms with E-state index in [4.69, 9.17) is 5.14 Å². The summed E-state index contributed by atoms with van der Waals surface area (Å²) < 4.78 is 21.8. The number of primary sulfonamides is 1. The zero-order valence-electron chi connectivity index (χ0n) is 11.9. The number of rotatable bonds is 8. The Kier molecular flexibility index (Phi) is 5.89. The van der Waals surface area contributed by atoms with Gasteiger partial charge in [-0.2, -0.15) is 15.0 Å². The molecule has 1 aromatic rings. The highest BCUT2D eigenvalue weighted by Gasteiger charge is 2.11. The van der Waals surface area contributed by atoms with Gasteiger partial charge in [-0.05, 0) is 13.8 Å². The minimum Gasteiger partial charge on any atom is -0.357 e. The Morgan fingerprint density at radius 1 is 1.15 bits per heavy atom. The van der Waals surface area contributed by atoms with Gasteiger partial charge in [0, 0.05) is 26.7 Å². The average molecular weight is 303 g/mol. The van der Waals surface area contributed by atoms with Crippen molar-refractivity contribution in [2.24, 2.45) is 5.14 Å². The van der Waals surface area contributed by atoms with Crippen molar-refractivity contribution in [3.63, 3.8) is 0 Å². The van der Waals surface area contributed by atoms with Crippen LogP contribution in [0.25, 0.3) is 0 Å². The van der Waals surface area contributed by atoms with E-state index in [9.17, 15) is 8.42 Å². The SMILES string of the molecule is CCN(CC)c1nc(NC)nc(NCCS(N)(=O)=O)n1. The molecule has 114 valence electrons. The molecule has 0 atom stereocenters. The molecule has 4 N–H and O–H groups in total. The van der Waals surface area contributed by atoms with Gasteiger partial charge in [0.2, 0.25) is 27.9 Å². The van der Waals surface area contributed by atoms with E-state index in [0.717, 1.165) is 13.1 Å². The molecule has 1 heterocycles. The number of nitrogens with two attached hydrogens (primary N) is 1. The number of nitrogens with one attached hydrogen (secondary N) is 2. The van der Waals surface area contributed by atoms with Gasteiger partial charge < -0.3 is 15.5 Å². The molecule has 0 bridgehead atoms. The van der Waals surface area contributed by atoms with Gasteiger partial charge >= 0.3 is 0 Å². The van der Waals surface area contributed by atoms with Crippen LogP contribution in [0.5, 0.6) is 0 Å². The Morgan fingerprint density at radius 2 is 1.75 bits per heavy atom. The molecule has 9 nitrogen and oxygen atoms in total. The zero-order chi connectivity index (χ0) is 15.2. The van der Waals surface area contributed by atoms with Crippen LogP contribution in [0.2, 0.25) is 0 Å². The number of hydrogen-bond acceptors (Lipinski definition) is 8. The predicted octanol–water partition coefficient (Wildman–Crippen LogP) is -0.540. The molecule has 0 spiro atoms. The van der Waals surface area contributed by atoms with Crippen molar-refractivity contribution in [3.05, 3.63) is 0 Å². The topological polar surface area (TPSA) is 126 Å². The third-order valence-electron chi connectivity index (χ3n) is 2.56. The van der Waals surface area contributed by atoms with Crippen LogP contribution in [0.3, 0.4) is 0 Å². The number of sulfonamides is 1. The first kappa shape index (κ1) is 16.4. The fourth-order valence-corrected chi connectivity index (χ4v) is 1.90. The maximum Gasteiger partial charge on any atom is 0.231 e. The molecule has 1 aromatic heterocycles. The summed E-state index contributed by atoms with van der Waals surface area (Å²) >= 11 is 0. The molecular weight excluding hydrogens is 282 g/mol. The van der Waals surface area contributed by atoms with Gasteiger partial charge in [0.1, 0.15) is 0 Å². The minimum absolute atomic E-state index is 0.143. The van der Waals surface area contributed by atoms with Crippen LogP contribution in [0.1, 0.15) is 13.8 Å². The number of aromatic nitrogens is 3. The van der Waals surface area contributed by atoms with Crippen LogP contribution in [0.15, 0.2) is 0 Å². The molecule has 0 fully saturated rings. The fraction of sp³-hybridized carbons (Fsp3) is 0.700. The van der Waals surface area contributed by atoms with E-state index in [1.54, 1.807) is 7.05 Å². The molecule has 0 saturated heterocycles. The Hall–Kier alpha value is -1.68. The molecule has 10 heteroatoms. The molecule has 0 aliphatic heterocycles. The van der Waals surface area contributed by atoms with E-state index in [2.05, 4.69) is 25.6 Å². The molecule has 1 rings (SSSR count). The predicted molar refractivity (Wildman–Crippen MR) is 79.4 cm³/mol. The van der Waals surface area contributed by atoms with E-state index in [0.29, 0.717) is 17.8 Å². The van der Waals surface area contributed by atoms with Crippen LogP contribution < -0.4 is 20.7 Å². The maximum atomic E-state index is 10.9. The smallest absolute Gasteiger partial charge is 0.231 e. The summed E-state index contributed by atoms with van der Waals surface area (Å²) in [6.07, 6.45) is 0. The molecule has 20 heavy (non-hydrogen) atoms. The first-order valence-corrected chi connectivity index (χ1v) is 8.04. The summed E-state index contributed by atoms with van der Waals surface area (Å²) in [5.74, 6) is 1.08. The Balaban J connectivity index is 2.87. The van der Waals surface area contributed by atoms with Gasteiger partial charge in [-0.3, -0.25) is 0 Å². The number of nitrogens with zero attached hydrogens (tertiary/aromatic N) is 4. The lowest BCUT2D eigenvalue weighted by molar-refractivity contribution is 0.598. The van der Waals surface area contributed by atoms with Crippen LogP contribution >= 0.6 is 0 Å². The highest BCUT2D eigenvalue weighted by molar-refractivity contribution is 7.89. The van der Waals surface area contributed by atoms with E-state index in [1.807, 2.05) is 18.7 Å². The van der Waals surface area contributed by atoms with E-state index < -0.39 is 10.0 Å². The van der Waals surface area contributed by atoms with Crippen molar-refractivity contribution in [1.29, 1.82) is 0 Å². The molecule has 0 aliphatic carbocycles. The van der Waals surface area contributed by atoms with Crippen molar-refractivity contribution in [1.82, 2.24) is 15.0 Å². The Bertz CT molecular complexity index is 530. The largest absolute Gasteiger partial charge is 0.357 e. The van der Waals surface area contributed by atoms with E-state index in [-0.39, 0.29) is 12.3 Å². The summed E-state index contributed by atoms with van der Waals surface area (Å²) in [4.78, 5) is 14.6. The lowest BCUT2D eigenvalue weighted by Crippen LogP contribution is -2.26. The maximum absolute atomic E-state index is 10.9. The van der Waals surface area contributed by atoms with Crippen LogP contribution in [-0.4, -0.2) is 55.8 Å². The molecule has 0 radical (unpaired) electrons. The summed E-state index contributed by atoms with van der Waals surface area (Å²) in [5, 5.41) is 10.6. The highest BCUT2D eigenvalue weighted by atomic mass is 32.2. The first-order chi connectivity index (χ1) is 9.39.